The van der Waals surface area contributed by atoms with E-state index in [1.807, 2.05) is 0 Å². The van der Waals surface area contributed by atoms with E-state index < -0.39 is 17.8 Å². The van der Waals surface area contributed by atoms with E-state index in [0.29, 0.717) is 19.5 Å². The molecule has 18 heavy (non-hydrogen) atoms. The Morgan fingerprint density at radius 3 is 2.67 bits per heavy atom. The van der Waals surface area contributed by atoms with Crippen molar-refractivity contribution < 1.29 is 18.0 Å². The molecule has 0 spiro atoms. The van der Waals surface area contributed by atoms with Gasteiger partial charge in [0.2, 0.25) is 0 Å². The Kier molecular flexibility index (Phi) is 3.38. The molecule has 0 unspecified atom stereocenters. The van der Waals surface area contributed by atoms with E-state index in [9.17, 15) is 18.0 Å². The van der Waals surface area contributed by atoms with Crippen LogP contribution in [0.5, 0.6) is 0 Å². The van der Waals surface area contributed by atoms with Crippen molar-refractivity contribution in [1.29, 1.82) is 0 Å². The molecule has 7 heteroatoms. The summed E-state index contributed by atoms with van der Waals surface area (Å²) in [7, 11) is 0. The minimum Gasteiger partial charge on any atom is -0.338 e. The number of nitrogens with one attached hydrogen (secondary N) is 1. The van der Waals surface area contributed by atoms with Gasteiger partial charge in [-0.15, -0.1) is 0 Å². The molecular formula is C11H10ClF3N2O. The van der Waals surface area contributed by atoms with Crippen molar-refractivity contribution in [2.24, 2.45) is 0 Å². The minimum absolute atomic E-state index is 0.0868. The number of urea groups is 1. The van der Waals surface area contributed by atoms with Crippen LogP contribution < -0.4 is 10.2 Å². The van der Waals surface area contributed by atoms with Gasteiger partial charge in [0.05, 0.1) is 16.3 Å². The van der Waals surface area contributed by atoms with Crippen LogP contribution in [-0.2, 0) is 6.18 Å². The first-order valence-corrected chi connectivity index (χ1v) is 5.69. The van der Waals surface area contributed by atoms with Crippen molar-refractivity contribution in [3.63, 3.8) is 0 Å². The van der Waals surface area contributed by atoms with Gasteiger partial charge in [0.25, 0.3) is 0 Å². The molecule has 1 aliphatic heterocycles. The number of alkyl halides is 3. The fourth-order valence-corrected chi connectivity index (χ4v) is 1.97. The van der Waals surface area contributed by atoms with Gasteiger partial charge in [-0.25, -0.2) is 4.79 Å². The summed E-state index contributed by atoms with van der Waals surface area (Å²) in [6.07, 6.45) is -3.79. The molecule has 1 heterocycles. The van der Waals surface area contributed by atoms with E-state index in [1.54, 1.807) is 0 Å². The number of carbonyl (C=O) groups is 1. The highest BCUT2D eigenvalue weighted by Gasteiger charge is 2.32. The maximum Gasteiger partial charge on any atom is 0.416 e. The summed E-state index contributed by atoms with van der Waals surface area (Å²) in [6.45, 7) is 0.874. The normalized spacial score (nSPS) is 16.7. The molecule has 2 rings (SSSR count). The maximum atomic E-state index is 12.6. The first-order valence-electron chi connectivity index (χ1n) is 5.32. The van der Waals surface area contributed by atoms with Crippen LogP contribution >= 0.6 is 11.6 Å². The smallest absolute Gasteiger partial charge is 0.338 e. The Bertz CT molecular complexity index is 476. The van der Waals surface area contributed by atoms with Gasteiger partial charge < -0.3 is 5.32 Å². The average Bonchev–Trinajstić information content (AvgIpc) is 2.29. The average molecular weight is 279 g/mol. The van der Waals surface area contributed by atoms with Gasteiger partial charge in [-0.1, -0.05) is 11.6 Å². The molecule has 3 nitrogen and oxygen atoms in total. The number of halogens is 4. The predicted octanol–water partition coefficient (Wildman–Crippen LogP) is 3.28. The molecule has 0 radical (unpaired) electrons. The number of carbonyl (C=O) groups excluding carboxylic acids is 1. The Balaban J connectivity index is 2.40. The molecule has 98 valence electrons. The summed E-state index contributed by atoms with van der Waals surface area (Å²) >= 11 is 5.86. The number of amides is 2. The Morgan fingerprint density at radius 2 is 2.06 bits per heavy atom. The van der Waals surface area contributed by atoms with Gasteiger partial charge in [0.1, 0.15) is 0 Å². The van der Waals surface area contributed by atoms with Gasteiger partial charge in [-0.2, -0.15) is 13.2 Å². The highest BCUT2D eigenvalue weighted by atomic mass is 35.5. The molecule has 0 aromatic heterocycles. The van der Waals surface area contributed by atoms with Crippen molar-refractivity contribution >= 4 is 23.3 Å². The van der Waals surface area contributed by atoms with Gasteiger partial charge >= 0.3 is 12.2 Å². The summed E-state index contributed by atoms with van der Waals surface area (Å²) in [5, 5.41) is 2.69. The van der Waals surface area contributed by atoms with Crippen molar-refractivity contribution in [1.82, 2.24) is 5.32 Å². The summed E-state index contributed by atoms with van der Waals surface area (Å²) in [4.78, 5) is 12.8. The third-order valence-corrected chi connectivity index (χ3v) is 2.96. The molecule has 0 saturated carbocycles. The first kappa shape index (κ1) is 13.0. The van der Waals surface area contributed by atoms with Crippen molar-refractivity contribution in [3.05, 3.63) is 28.8 Å². The minimum atomic E-state index is -4.45. The molecule has 0 atom stereocenters. The van der Waals surface area contributed by atoms with Crippen molar-refractivity contribution in [3.8, 4) is 0 Å². The summed E-state index contributed by atoms with van der Waals surface area (Å²) in [5.41, 5.74) is -0.732. The van der Waals surface area contributed by atoms with E-state index in [4.69, 9.17) is 11.6 Å². The molecule has 1 aromatic rings. The number of benzene rings is 1. The van der Waals surface area contributed by atoms with Crippen LogP contribution in [-0.4, -0.2) is 19.1 Å². The van der Waals surface area contributed by atoms with Crippen LogP contribution in [0.15, 0.2) is 18.2 Å². The Hall–Kier alpha value is -1.43. The lowest BCUT2D eigenvalue weighted by molar-refractivity contribution is -0.137. The van der Waals surface area contributed by atoms with E-state index in [-0.39, 0.29) is 10.7 Å². The van der Waals surface area contributed by atoms with E-state index in [1.165, 1.54) is 4.90 Å². The van der Waals surface area contributed by atoms with E-state index in [0.717, 1.165) is 18.2 Å². The molecule has 1 aliphatic rings. The van der Waals surface area contributed by atoms with Gasteiger partial charge in [0.15, 0.2) is 0 Å². The third kappa shape index (κ3) is 2.53. The SMILES string of the molecule is O=C1NCCCN1c1cc(C(F)(F)F)ccc1Cl. The number of anilines is 1. The lowest BCUT2D eigenvalue weighted by Gasteiger charge is -2.28. The molecule has 1 N–H and O–H groups in total. The fraction of sp³-hybridized carbons (Fsp3) is 0.364. The topological polar surface area (TPSA) is 32.3 Å². The third-order valence-electron chi connectivity index (χ3n) is 2.64. The summed E-state index contributed by atoms with van der Waals surface area (Å²) in [6, 6.07) is 2.52. The predicted molar refractivity (Wildman–Crippen MR) is 61.8 cm³/mol. The molecule has 0 bridgehead atoms. The number of rotatable bonds is 1. The first-order chi connectivity index (χ1) is 8.39. The lowest BCUT2D eigenvalue weighted by atomic mass is 10.1. The maximum absolute atomic E-state index is 12.6. The lowest BCUT2D eigenvalue weighted by Crippen LogP contribution is -2.46. The monoisotopic (exact) mass is 278 g/mol. The highest BCUT2D eigenvalue weighted by molar-refractivity contribution is 6.33. The number of hydrogen-bond acceptors (Lipinski definition) is 1. The fourth-order valence-electron chi connectivity index (χ4n) is 1.76. The number of nitrogens with zero attached hydrogens (tertiary/aromatic N) is 1. The molecule has 0 aliphatic carbocycles. The van der Waals surface area contributed by atoms with Crippen LogP contribution in [0.2, 0.25) is 5.02 Å². The molecule has 1 saturated heterocycles. The highest BCUT2D eigenvalue weighted by Crippen LogP contribution is 2.35. The summed E-state index contributed by atoms with van der Waals surface area (Å²) < 4.78 is 37.8. The van der Waals surface area contributed by atoms with Crippen LogP contribution in [0.3, 0.4) is 0 Å². The van der Waals surface area contributed by atoms with Crippen molar-refractivity contribution in [2.75, 3.05) is 18.0 Å². The van der Waals surface area contributed by atoms with Gasteiger partial charge in [0, 0.05) is 13.1 Å². The zero-order valence-corrected chi connectivity index (χ0v) is 9.98. The zero-order valence-electron chi connectivity index (χ0n) is 9.22. The van der Waals surface area contributed by atoms with Gasteiger partial charge in [-0.05, 0) is 24.6 Å². The van der Waals surface area contributed by atoms with Gasteiger partial charge in [-0.3, -0.25) is 4.90 Å². The van der Waals surface area contributed by atoms with Crippen LogP contribution in [0, 0.1) is 0 Å². The van der Waals surface area contributed by atoms with E-state index >= 15 is 0 Å². The Morgan fingerprint density at radius 1 is 1.33 bits per heavy atom. The molecule has 1 aromatic carbocycles. The largest absolute Gasteiger partial charge is 0.416 e. The summed E-state index contributed by atoms with van der Waals surface area (Å²) in [5.74, 6) is 0. The van der Waals surface area contributed by atoms with E-state index in [2.05, 4.69) is 5.32 Å². The molecular weight excluding hydrogens is 269 g/mol. The second kappa shape index (κ2) is 4.68. The quantitative estimate of drug-likeness (QED) is 0.840. The standard InChI is InChI=1S/C11H10ClF3N2O/c12-8-3-2-7(11(13,14)15)6-9(8)17-5-1-4-16-10(17)18/h2-3,6H,1,4-5H2,(H,16,18). The second-order valence-electron chi connectivity index (χ2n) is 3.90. The van der Waals surface area contributed by atoms with Crippen LogP contribution in [0.25, 0.3) is 0 Å². The molecule has 1 fully saturated rings. The van der Waals surface area contributed by atoms with Crippen molar-refractivity contribution in [2.45, 2.75) is 12.6 Å². The number of hydrogen-bond donors (Lipinski definition) is 1. The second-order valence-corrected chi connectivity index (χ2v) is 4.31. The zero-order chi connectivity index (χ0) is 13.3. The Labute approximate surface area is 107 Å². The van der Waals surface area contributed by atoms with Crippen LogP contribution in [0.4, 0.5) is 23.7 Å². The molecule has 2 amide bonds. The van der Waals surface area contributed by atoms with Crippen LogP contribution in [0.1, 0.15) is 12.0 Å².